The van der Waals surface area contributed by atoms with Crippen LogP contribution >= 0.6 is 27.5 Å². The van der Waals surface area contributed by atoms with Gasteiger partial charge in [0.2, 0.25) is 0 Å². The first kappa shape index (κ1) is 14.9. The van der Waals surface area contributed by atoms with Gasteiger partial charge in [-0.1, -0.05) is 11.6 Å². The average Bonchev–Trinajstić information content (AvgIpc) is 2.89. The lowest BCUT2D eigenvalue weighted by molar-refractivity contribution is 0.570. The van der Waals surface area contributed by atoms with Crippen molar-refractivity contribution in [3.8, 4) is 6.07 Å². The Labute approximate surface area is 131 Å². The number of hydrogen-bond donors (Lipinski definition) is 1. The van der Waals surface area contributed by atoms with Gasteiger partial charge >= 0.3 is 0 Å². The third kappa shape index (κ3) is 3.14. The van der Waals surface area contributed by atoms with E-state index in [0.717, 1.165) is 15.9 Å². The lowest BCUT2D eigenvalue weighted by Gasteiger charge is -2.17. The van der Waals surface area contributed by atoms with Gasteiger partial charge in [-0.15, -0.1) is 0 Å². The van der Waals surface area contributed by atoms with Gasteiger partial charge in [0.15, 0.2) is 6.04 Å². The molecule has 20 heavy (non-hydrogen) atoms. The van der Waals surface area contributed by atoms with Crippen molar-refractivity contribution < 1.29 is 0 Å². The predicted octanol–water partition coefficient (Wildman–Crippen LogP) is 4.56. The van der Waals surface area contributed by atoms with Crippen molar-refractivity contribution in [3.63, 3.8) is 0 Å². The average molecular weight is 354 g/mol. The standard InChI is InChI=1S/C14H14BrClN4/c1-9(2)20-8-18-7-14(20)13(6-17)19-10-3-4-12(16)11(15)5-10/h3-5,7-9,13,19H,1-2H3. The fraction of sp³-hybridized carbons (Fsp3) is 0.286. The molecule has 4 nitrogen and oxygen atoms in total. The Balaban J connectivity index is 2.27. The zero-order valence-corrected chi connectivity index (χ0v) is 13.5. The van der Waals surface area contributed by atoms with Crippen molar-refractivity contribution in [3.05, 3.63) is 45.9 Å². The molecule has 0 saturated carbocycles. The van der Waals surface area contributed by atoms with Crippen LogP contribution in [0.3, 0.4) is 0 Å². The first-order valence-corrected chi connectivity index (χ1v) is 7.33. The normalized spacial score (nSPS) is 12.2. The van der Waals surface area contributed by atoms with Crippen molar-refractivity contribution >= 4 is 33.2 Å². The molecule has 0 bridgehead atoms. The first-order valence-electron chi connectivity index (χ1n) is 6.16. The van der Waals surface area contributed by atoms with E-state index in [1.54, 1.807) is 18.6 Å². The van der Waals surface area contributed by atoms with Gasteiger partial charge in [0.1, 0.15) is 0 Å². The third-order valence-corrected chi connectivity index (χ3v) is 4.12. The molecule has 0 spiro atoms. The van der Waals surface area contributed by atoms with Gasteiger partial charge in [-0.25, -0.2) is 4.98 Å². The molecule has 0 aliphatic rings. The van der Waals surface area contributed by atoms with Crippen LogP contribution < -0.4 is 5.32 Å². The number of aromatic nitrogens is 2. The second-order valence-electron chi connectivity index (χ2n) is 4.65. The minimum Gasteiger partial charge on any atom is -0.365 e. The largest absolute Gasteiger partial charge is 0.365 e. The van der Waals surface area contributed by atoms with Crippen molar-refractivity contribution in [2.75, 3.05) is 5.32 Å². The number of anilines is 1. The molecular weight excluding hydrogens is 340 g/mol. The summed E-state index contributed by atoms with van der Waals surface area (Å²) in [5, 5.41) is 13.2. The number of nitriles is 1. The van der Waals surface area contributed by atoms with Gasteiger partial charge in [0.05, 0.1) is 29.3 Å². The van der Waals surface area contributed by atoms with E-state index in [1.807, 2.05) is 16.7 Å². The molecule has 0 aliphatic heterocycles. The lowest BCUT2D eigenvalue weighted by atomic mass is 10.2. The van der Waals surface area contributed by atoms with Crippen LogP contribution in [0.25, 0.3) is 0 Å². The summed E-state index contributed by atoms with van der Waals surface area (Å²) in [6, 6.07) is 7.52. The molecule has 0 aliphatic carbocycles. The first-order chi connectivity index (χ1) is 9.52. The van der Waals surface area contributed by atoms with Crippen LogP contribution in [0.1, 0.15) is 31.6 Å². The summed E-state index contributed by atoms with van der Waals surface area (Å²) in [7, 11) is 0. The number of halogens is 2. The number of nitrogens with one attached hydrogen (secondary N) is 1. The number of imidazole rings is 1. The summed E-state index contributed by atoms with van der Waals surface area (Å²) in [6.07, 6.45) is 3.45. The van der Waals surface area contributed by atoms with Gasteiger partial charge in [0, 0.05) is 16.2 Å². The van der Waals surface area contributed by atoms with E-state index in [-0.39, 0.29) is 6.04 Å². The van der Waals surface area contributed by atoms with E-state index in [1.165, 1.54) is 0 Å². The van der Waals surface area contributed by atoms with Crippen LogP contribution in [0.15, 0.2) is 35.2 Å². The molecule has 104 valence electrons. The van der Waals surface area contributed by atoms with Crippen molar-refractivity contribution in [1.82, 2.24) is 9.55 Å². The Morgan fingerprint density at radius 3 is 2.80 bits per heavy atom. The number of rotatable bonds is 4. The van der Waals surface area contributed by atoms with E-state index < -0.39 is 6.04 Å². The number of benzene rings is 1. The molecule has 2 rings (SSSR count). The maximum atomic E-state index is 9.40. The molecule has 2 aromatic rings. The molecule has 6 heteroatoms. The van der Waals surface area contributed by atoms with Crippen LogP contribution in [0.5, 0.6) is 0 Å². The highest BCUT2D eigenvalue weighted by Gasteiger charge is 2.17. The Hall–Kier alpha value is -1.51. The molecule has 0 amide bonds. The molecule has 0 radical (unpaired) electrons. The summed E-state index contributed by atoms with van der Waals surface area (Å²) in [6.45, 7) is 4.11. The van der Waals surface area contributed by atoms with Crippen molar-refractivity contribution in [2.45, 2.75) is 25.9 Å². The second kappa shape index (κ2) is 6.29. The Kier molecular flexibility index (Phi) is 4.69. The molecule has 1 heterocycles. The fourth-order valence-electron chi connectivity index (χ4n) is 1.89. The maximum absolute atomic E-state index is 9.40. The summed E-state index contributed by atoms with van der Waals surface area (Å²) < 4.78 is 2.77. The highest BCUT2D eigenvalue weighted by atomic mass is 79.9. The van der Waals surface area contributed by atoms with Gasteiger partial charge in [-0.05, 0) is 48.0 Å². The Bertz CT molecular complexity index is 645. The summed E-state index contributed by atoms with van der Waals surface area (Å²) >= 11 is 9.34. The van der Waals surface area contributed by atoms with Crippen LogP contribution in [-0.2, 0) is 0 Å². The van der Waals surface area contributed by atoms with Crippen molar-refractivity contribution in [2.24, 2.45) is 0 Å². The maximum Gasteiger partial charge on any atom is 0.156 e. The highest BCUT2D eigenvalue weighted by Crippen LogP contribution is 2.28. The molecular formula is C14H14BrClN4. The number of nitrogens with zero attached hydrogens (tertiary/aromatic N) is 3. The van der Waals surface area contributed by atoms with Crippen LogP contribution in [0, 0.1) is 11.3 Å². The molecule has 1 N–H and O–H groups in total. The molecule has 0 fully saturated rings. The SMILES string of the molecule is CC(C)n1cncc1C(C#N)Nc1ccc(Cl)c(Br)c1. The van der Waals surface area contributed by atoms with Gasteiger partial charge in [-0.2, -0.15) is 5.26 Å². The van der Waals surface area contributed by atoms with E-state index >= 15 is 0 Å². The topological polar surface area (TPSA) is 53.6 Å². The van der Waals surface area contributed by atoms with Gasteiger partial charge in [0.25, 0.3) is 0 Å². The van der Waals surface area contributed by atoms with Gasteiger partial charge < -0.3 is 9.88 Å². The summed E-state index contributed by atoms with van der Waals surface area (Å²) in [5.41, 5.74) is 1.66. The van der Waals surface area contributed by atoms with E-state index in [9.17, 15) is 5.26 Å². The van der Waals surface area contributed by atoms with Crippen LogP contribution in [0.4, 0.5) is 5.69 Å². The number of hydrogen-bond acceptors (Lipinski definition) is 3. The van der Waals surface area contributed by atoms with Crippen molar-refractivity contribution in [1.29, 1.82) is 5.26 Å². The Morgan fingerprint density at radius 2 is 2.20 bits per heavy atom. The quantitative estimate of drug-likeness (QED) is 0.877. The van der Waals surface area contributed by atoms with E-state index in [2.05, 4.69) is 46.1 Å². The summed E-state index contributed by atoms with van der Waals surface area (Å²) in [4.78, 5) is 4.13. The highest BCUT2D eigenvalue weighted by molar-refractivity contribution is 9.10. The smallest absolute Gasteiger partial charge is 0.156 e. The lowest BCUT2D eigenvalue weighted by Crippen LogP contribution is -2.14. The van der Waals surface area contributed by atoms with Gasteiger partial charge in [-0.3, -0.25) is 0 Å². The summed E-state index contributed by atoms with van der Waals surface area (Å²) in [5.74, 6) is 0. The minimum atomic E-state index is -0.465. The second-order valence-corrected chi connectivity index (χ2v) is 5.92. The molecule has 1 aromatic heterocycles. The predicted molar refractivity (Wildman–Crippen MR) is 83.7 cm³/mol. The third-order valence-electron chi connectivity index (χ3n) is 2.91. The molecule has 1 aromatic carbocycles. The zero-order chi connectivity index (χ0) is 14.7. The zero-order valence-electron chi connectivity index (χ0n) is 11.1. The van der Waals surface area contributed by atoms with E-state index in [0.29, 0.717) is 5.02 Å². The molecule has 1 unspecified atom stereocenters. The fourth-order valence-corrected chi connectivity index (χ4v) is 2.39. The van der Waals surface area contributed by atoms with E-state index in [4.69, 9.17) is 11.6 Å². The minimum absolute atomic E-state index is 0.252. The molecule has 1 atom stereocenters. The Morgan fingerprint density at radius 1 is 1.45 bits per heavy atom. The monoisotopic (exact) mass is 352 g/mol. The molecule has 0 saturated heterocycles. The van der Waals surface area contributed by atoms with Crippen LogP contribution in [-0.4, -0.2) is 9.55 Å². The van der Waals surface area contributed by atoms with Crippen LogP contribution in [0.2, 0.25) is 5.02 Å².